The van der Waals surface area contributed by atoms with Gasteiger partial charge in [0.15, 0.2) is 4.34 Å². The summed E-state index contributed by atoms with van der Waals surface area (Å²) < 4.78 is 1.81. The van der Waals surface area contributed by atoms with Gasteiger partial charge in [-0.25, -0.2) is 4.98 Å². The van der Waals surface area contributed by atoms with Gasteiger partial charge in [0.2, 0.25) is 5.91 Å². The topological polar surface area (TPSA) is 85.1 Å². The van der Waals surface area contributed by atoms with Gasteiger partial charge in [-0.15, -0.1) is 11.3 Å². The van der Waals surface area contributed by atoms with Crippen molar-refractivity contribution >= 4 is 50.6 Å². The monoisotopic (exact) mass is 435 g/mol. The van der Waals surface area contributed by atoms with Crippen LogP contribution in [0.25, 0.3) is 10.2 Å². The zero-order chi connectivity index (χ0) is 21.1. The smallest absolute Gasteiger partial charge is 0.293 e. The zero-order valence-electron chi connectivity index (χ0n) is 15.9. The summed E-state index contributed by atoms with van der Waals surface area (Å²) >= 11 is 2.86. The number of hydrogen-bond acceptors (Lipinski definition) is 6. The molecule has 0 aliphatic heterocycles. The number of nitrogens with one attached hydrogen (secondary N) is 1. The fourth-order valence-corrected chi connectivity index (χ4v) is 5.26. The molecule has 0 spiro atoms. The number of carbonyl (C=O) groups is 1. The lowest BCUT2D eigenvalue weighted by Crippen LogP contribution is -2.19. The van der Waals surface area contributed by atoms with Crippen molar-refractivity contribution in [2.45, 2.75) is 16.5 Å². The molecule has 1 amide bonds. The number of para-hydroxylation sites is 1. The number of nitrogens with zero attached hydrogens (tertiary/aromatic N) is 2. The number of benzene rings is 3. The number of rotatable bonds is 6. The van der Waals surface area contributed by atoms with E-state index >= 15 is 0 Å². The summed E-state index contributed by atoms with van der Waals surface area (Å²) in [5.74, 6) is -0.336. The Balaban J connectivity index is 1.66. The quantitative estimate of drug-likeness (QED) is 0.229. The Bertz CT molecular complexity index is 1190. The maximum absolute atomic E-state index is 13.2. The molecule has 8 heteroatoms. The van der Waals surface area contributed by atoms with Crippen LogP contribution < -0.4 is 5.32 Å². The third-order valence-electron chi connectivity index (χ3n) is 4.44. The highest BCUT2D eigenvalue weighted by molar-refractivity contribution is 8.02. The Morgan fingerprint density at radius 1 is 1.10 bits per heavy atom. The van der Waals surface area contributed by atoms with E-state index in [4.69, 9.17) is 0 Å². The molecule has 30 heavy (non-hydrogen) atoms. The van der Waals surface area contributed by atoms with E-state index in [1.54, 1.807) is 19.1 Å². The van der Waals surface area contributed by atoms with Crippen molar-refractivity contribution in [2.75, 3.05) is 5.32 Å². The molecule has 1 heterocycles. The molecule has 6 nitrogen and oxygen atoms in total. The Kier molecular flexibility index (Phi) is 5.78. The van der Waals surface area contributed by atoms with Gasteiger partial charge in [0, 0.05) is 6.07 Å². The molecule has 4 rings (SSSR count). The van der Waals surface area contributed by atoms with E-state index in [0.29, 0.717) is 0 Å². The van der Waals surface area contributed by atoms with E-state index in [-0.39, 0.29) is 17.3 Å². The van der Waals surface area contributed by atoms with E-state index in [2.05, 4.69) is 10.3 Å². The highest BCUT2D eigenvalue weighted by atomic mass is 32.2. The molecule has 0 radical (unpaired) electrons. The summed E-state index contributed by atoms with van der Waals surface area (Å²) in [6.45, 7) is 1.77. The fraction of sp³-hybridized carbons (Fsp3) is 0.0909. The van der Waals surface area contributed by atoms with Gasteiger partial charge < -0.3 is 5.32 Å². The second-order valence-electron chi connectivity index (χ2n) is 6.62. The highest BCUT2D eigenvalue weighted by Crippen LogP contribution is 2.40. The minimum atomic E-state index is -0.604. The zero-order valence-corrected chi connectivity index (χ0v) is 17.6. The number of fused-ring (bicyclic) bond motifs is 1. The van der Waals surface area contributed by atoms with Crippen molar-refractivity contribution in [3.63, 3.8) is 0 Å². The van der Waals surface area contributed by atoms with E-state index in [1.807, 2.05) is 54.6 Å². The molecule has 1 aromatic heterocycles. The highest BCUT2D eigenvalue weighted by Gasteiger charge is 2.26. The van der Waals surface area contributed by atoms with Crippen molar-refractivity contribution in [1.29, 1.82) is 0 Å². The lowest BCUT2D eigenvalue weighted by molar-refractivity contribution is -0.384. The molecular formula is C22H17N3O3S2. The first kappa shape index (κ1) is 20.1. The van der Waals surface area contributed by atoms with Crippen LogP contribution >= 0.6 is 23.1 Å². The lowest BCUT2D eigenvalue weighted by Gasteiger charge is -2.16. The van der Waals surface area contributed by atoms with Crippen LogP contribution in [0, 0.1) is 17.0 Å². The molecule has 0 saturated carbocycles. The Labute approximate surface area is 181 Å². The molecule has 1 atom stereocenters. The van der Waals surface area contributed by atoms with E-state index in [0.717, 1.165) is 25.7 Å². The standard InChI is InChI=1S/C22H17N3O3S2/c1-14-11-12-16(18(13-14)25(27)28)23-21(26)20(15-7-3-2-4-8-15)30-22-24-17-9-5-6-10-19(17)29-22/h2-13,20H,1H3,(H,23,26). The van der Waals surface area contributed by atoms with Gasteiger partial charge in [-0.2, -0.15) is 0 Å². The third-order valence-corrected chi connectivity index (χ3v) is 6.83. The molecule has 0 aliphatic carbocycles. The summed E-state index contributed by atoms with van der Waals surface area (Å²) in [7, 11) is 0. The third kappa shape index (κ3) is 4.34. The number of aromatic nitrogens is 1. The van der Waals surface area contributed by atoms with E-state index in [1.165, 1.54) is 29.2 Å². The predicted molar refractivity (Wildman–Crippen MR) is 121 cm³/mol. The Hall–Kier alpha value is -3.23. The molecule has 3 aromatic carbocycles. The maximum atomic E-state index is 13.2. The number of thiazole rings is 1. The van der Waals surface area contributed by atoms with Crippen LogP contribution in [0.5, 0.6) is 0 Å². The number of nitro groups is 1. The number of aryl methyl sites for hydroxylation is 1. The molecule has 4 aromatic rings. The van der Waals surface area contributed by atoms with Crippen molar-refractivity contribution in [3.05, 3.63) is 94.0 Å². The maximum Gasteiger partial charge on any atom is 0.293 e. The van der Waals surface area contributed by atoms with Crippen LogP contribution in [0.3, 0.4) is 0 Å². The van der Waals surface area contributed by atoms with Crippen molar-refractivity contribution in [3.8, 4) is 0 Å². The molecule has 1 N–H and O–H groups in total. The lowest BCUT2D eigenvalue weighted by atomic mass is 10.1. The molecule has 0 bridgehead atoms. The van der Waals surface area contributed by atoms with Crippen LogP contribution in [0.1, 0.15) is 16.4 Å². The fourth-order valence-electron chi connectivity index (χ4n) is 3.00. The molecule has 0 aliphatic rings. The Morgan fingerprint density at radius 2 is 1.83 bits per heavy atom. The number of carbonyl (C=O) groups excluding carboxylic acids is 1. The first-order valence-electron chi connectivity index (χ1n) is 9.14. The molecule has 0 saturated heterocycles. The SMILES string of the molecule is Cc1ccc(NC(=O)C(Sc2nc3ccccc3s2)c2ccccc2)c([N+](=O)[O-])c1. The number of nitro benzene ring substituents is 1. The number of anilines is 1. The second-order valence-corrected chi connectivity index (χ2v) is 9.01. The first-order chi connectivity index (χ1) is 14.5. The van der Waals surface area contributed by atoms with Crippen LogP contribution in [0.2, 0.25) is 0 Å². The van der Waals surface area contributed by atoms with Gasteiger partial charge in [0.1, 0.15) is 10.9 Å². The van der Waals surface area contributed by atoms with Crippen molar-refractivity contribution in [2.24, 2.45) is 0 Å². The van der Waals surface area contributed by atoms with Gasteiger partial charge in [0.05, 0.1) is 15.1 Å². The minimum Gasteiger partial charge on any atom is -0.319 e. The Morgan fingerprint density at radius 3 is 2.57 bits per heavy atom. The average Bonchev–Trinajstić information content (AvgIpc) is 3.16. The van der Waals surface area contributed by atoms with Gasteiger partial charge in [-0.1, -0.05) is 60.3 Å². The van der Waals surface area contributed by atoms with E-state index in [9.17, 15) is 14.9 Å². The van der Waals surface area contributed by atoms with Crippen LogP contribution in [-0.2, 0) is 4.79 Å². The second kappa shape index (κ2) is 8.64. The van der Waals surface area contributed by atoms with Gasteiger partial charge in [-0.05, 0) is 36.2 Å². The van der Waals surface area contributed by atoms with Gasteiger partial charge >= 0.3 is 0 Å². The van der Waals surface area contributed by atoms with Crippen molar-refractivity contribution in [1.82, 2.24) is 4.98 Å². The number of thioether (sulfide) groups is 1. The molecule has 150 valence electrons. The summed E-state index contributed by atoms with van der Waals surface area (Å²) in [6, 6.07) is 21.9. The van der Waals surface area contributed by atoms with Crippen LogP contribution in [-0.4, -0.2) is 15.8 Å². The summed E-state index contributed by atoms with van der Waals surface area (Å²) in [6.07, 6.45) is 0. The first-order valence-corrected chi connectivity index (χ1v) is 10.8. The van der Waals surface area contributed by atoms with Crippen LogP contribution in [0.4, 0.5) is 11.4 Å². The molecular weight excluding hydrogens is 418 g/mol. The average molecular weight is 436 g/mol. The molecule has 1 unspecified atom stereocenters. The van der Waals surface area contributed by atoms with E-state index < -0.39 is 10.2 Å². The largest absolute Gasteiger partial charge is 0.319 e. The van der Waals surface area contributed by atoms with Gasteiger partial charge in [0.25, 0.3) is 5.69 Å². The number of amides is 1. The summed E-state index contributed by atoms with van der Waals surface area (Å²) in [5.41, 5.74) is 2.49. The summed E-state index contributed by atoms with van der Waals surface area (Å²) in [5, 5.41) is 13.6. The predicted octanol–water partition coefficient (Wildman–Crippen LogP) is 5.99. The number of hydrogen-bond donors (Lipinski definition) is 1. The summed E-state index contributed by atoms with van der Waals surface area (Å²) in [4.78, 5) is 28.8. The normalized spacial score (nSPS) is 11.9. The molecule has 0 fully saturated rings. The van der Waals surface area contributed by atoms with Gasteiger partial charge in [-0.3, -0.25) is 14.9 Å². The van der Waals surface area contributed by atoms with Crippen LogP contribution in [0.15, 0.2) is 77.1 Å². The van der Waals surface area contributed by atoms with Crippen molar-refractivity contribution < 1.29 is 9.72 Å². The minimum absolute atomic E-state index is 0.125.